The monoisotopic (exact) mass is 344 g/mol. The minimum atomic E-state index is -1.16. The van der Waals surface area contributed by atoms with E-state index in [4.69, 9.17) is 4.42 Å². The van der Waals surface area contributed by atoms with E-state index in [0.717, 1.165) is 14.5 Å². The van der Waals surface area contributed by atoms with Crippen molar-refractivity contribution in [2.75, 3.05) is 0 Å². The SMILES string of the molecule is CC(O)(c1ccccc1Br)c1occc1Br. The smallest absolute Gasteiger partial charge is 0.153 e. The molecule has 0 saturated heterocycles. The van der Waals surface area contributed by atoms with Gasteiger partial charge in [0.15, 0.2) is 5.76 Å². The van der Waals surface area contributed by atoms with Gasteiger partial charge in [0.25, 0.3) is 0 Å². The fraction of sp³-hybridized carbons (Fsp3) is 0.167. The summed E-state index contributed by atoms with van der Waals surface area (Å²) in [4.78, 5) is 0. The zero-order chi connectivity index (χ0) is 11.8. The van der Waals surface area contributed by atoms with Gasteiger partial charge in [0.05, 0.1) is 10.7 Å². The van der Waals surface area contributed by atoms with E-state index in [-0.39, 0.29) is 0 Å². The minimum absolute atomic E-state index is 0.499. The summed E-state index contributed by atoms with van der Waals surface area (Å²) in [5.41, 5.74) is -0.395. The number of aliphatic hydroxyl groups is 1. The van der Waals surface area contributed by atoms with Crippen molar-refractivity contribution in [3.63, 3.8) is 0 Å². The highest BCUT2D eigenvalue weighted by Crippen LogP contribution is 2.37. The largest absolute Gasteiger partial charge is 0.465 e. The standard InChI is InChI=1S/C12H10Br2O2/c1-12(15,11-10(14)6-7-16-11)8-4-2-3-5-9(8)13/h2-7,15H,1H3. The zero-order valence-electron chi connectivity index (χ0n) is 8.58. The van der Waals surface area contributed by atoms with Crippen LogP contribution in [0.25, 0.3) is 0 Å². The molecule has 0 radical (unpaired) electrons. The molecule has 1 atom stereocenters. The fourth-order valence-corrected chi connectivity index (χ4v) is 2.88. The lowest BCUT2D eigenvalue weighted by atomic mass is 9.93. The van der Waals surface area contributed by atoms with Crippen LogP contribution in [0.5, 0.6) is 0 Å². The van der Waals surface area contributed by atoms with Gasteiger partial charge < -0.3 is 9.52 Å². The van der Waals surface area contributed by atoms with Gasteiger partial charge in [-0.05, 0) is 35.0 Å². The third kappa shape index (κ3) is 1.97. The first-order chi connectivity index (χ1) is 7.53. The lowest BCUT2D eigenvalue weighted by Gasteiger charge is -2.23. The number of halogens is 2. The maximum Gasteiger partial charge on any atom is 0.153 e. The maximum atomic E-state index is 10.6. The summed E-state index contributed by atoms with van der Waals surface area (Å²) in [6.45, 7) is 1.71. The molecule has 0 aliphatic rings. The molecule has 16 heavy (non-hydrogen) atoms. The lowest BCUT2D eigenvalue weighted by molar-refractivity contribution is 0.0750. The highest BCUT2D eigenvalue weighted by molar-refractivity contribution is 9.10. The average molecular weight is 346 g/mol. The molecule has 0 aliphatic heterocycles. The summed E-state index contributed by atoms with van der Waals surface area (Å²) in [5.74, 6) is 0.499. The molecule has 1 aromatic heterocycles. The number of rotatable bonds is 2. The van der Waals surface area contributed by atoms with E-state index in [9.17, 15) is 5.11 Å². The molecular formula is C12H10Br2O2. The molecule has 1 heterocycles. The van der Waals surface area contributed by atoms with Crippen LogP contribution in [0.15, 0.2) is 50.0 Å². The van der Waals surface area contributed by atoms with Gasteiger partial charge in [-0.25, -0.2) is 0 Å². The van der Waals surface area contributed by atoms with Crippen molar-refractivity contribution in [1.82, 2.24) is 0 Å². The average Bonchev–Trinajstić information content (AvgIpc) is 2.65. The molecule has 0 spiro atoms. The van der Waals surface area contributed by atoms with E-state index in [0.29, 0.717) is 5.76 Å². The predicted octanol–water partition coefficient (Wildman–Crippen LogP) is 4.06. The molecule has 0 saturated carbocycles. The van der Waals surface area contributed by atoms with E-state index < -0.39 is 5.60 Å². The highest BCUT2D eigenvalue weighted by atomic mass is 79.9. The first kappa shape index (κ1) is 11.9. The number of furan rings is 1. The molecule has 0 amide bonds. The predicted molar refractivity (Wildman–Crippen MR) is 69.2 cm³/mol. The molecule has 0 bridgehead atoms. The molecule has 0 fully saturated rings. The zero-order valence-corrected chi connectivity index (χ0v) is 11.7. The van der Waals surface area contributed by atoms with Gasteiger partial charge in [0, 0.05) is 10.0 Å². The first-order valence-corrected chi connectivity index (χ1v) is 6.33. The van der Waals surface area contributed by atoms with E-state index in [2.05, 4.69) is 31.9 Å². The van der Waals surface area contributed by atoms with Crippen LogP contribution < -0.4 is 0 Å². The third-order valence-corrected chi connectivity index (χ3v) is 3.77. The van der Waals surface area contributed by atoms with Gasteiger partial charge in [-0.15, -0.1) is 0 Å². The molecular weight excluding hydrogens is 336 g/mol. The van der Waals surface area contributed by atoms with E-state index in [1.54, 1.807) is 19.3 Å². The molecule has 84 valence electrons. The van der Waals surface area contributed by atoms with Crippen molar-refractivity contribution in [3.8, 4) is 0 Å². The van der Waals surface area contributed by atoms with Gasteiger partial charge in [-0.3, -0.25) is 0 Å². The van der Waals surface area contributed by atoms with E-state index in [1.807, 2.05) is 24.3 Å². The number of benzene rings is 1. The van der Waals surface area contributed by atoms with Crippen LogP contribution in [-0.4, -0.2) is 5.11 Å². The summed E-state index contributed by atoms with van der Waals surface area (Å²) in [7, 11) is 0. The van der Waals surface area contributed by atoms with Crippen LogP contribution in [0.4, 0.5) is 0 Å². The topological polar surface area (TPSA) is 33.4 Å². The van der Waals surface area contributed by atoms with Crippen LogP contribution in [-0.2, 0) is 5.60 Å². The summed E-state index contributed by atoms with van der Waals surface area (Å²) >= 11 is 6.78. The van der Waals surface area contributed by atoms with E-state index >= 15 is 0 Å². The second kappa shape index (κ2) is 4.35. The van der Waals surface area contributed by atoms with Crippen molar-refractivity contribution in [1.29, 1.82) is 0 Å². The summed E-state index contributed by atoms with van der Waals surface area (Å²) in [5, 5.41) is 10.6. The Kier molecular flexibility index (Phi) is 3.24. The summed E-state index contributed by atoms with van der Waals surface area (Å²) < 4.78 is 6.93. The van der Waals surface area contributed by atoms with Gasteiger partial charge in [-0.1, -0.05) is 34.1 Å². The van der Waals surface area contributed by atoms with E-state index in [1.165, 1.54) is 0 Å². The van der Waals surface area contributed by atoms with Crippen LogP contribution in [0.2, 0.25) is 0 Å². The van der Waals surface area contributed by atoms with Crippen molar-refractivity contribution in [2.24, 2.45) is 0 Å². The molecule has 1 unspecified atom stereocenters. The van der Waals surface area contributed by atoms with Crippen molar-refractivity contribution in [2.45, 2.75) is 12.5 Å². The number of hydrogen-bond donors (Lipinski definition) is 1. The van der Waals surface area contributed by atoms with Crippen LogP contribution in [0.1, 0.15) is 18.2 Å². The molecule has 2 rings (SSSR count). The molecule has 1 aromatic carbocycles. The fourth-order valence-electron chi connectivity index (χ4n) is 1.62. The Labute approximate surface area is 111 Å². The first-order valence-electron chi connectivity index (χ1n) is 4.74. The van der Waals surface area contributed by atoms with Gasteiger partial charge in [0.2, 0.25) is 0 Å². The normalized spacial score (nSPS) is 14.8. The molecule has 0 aliphatic carbocycles. The van der Waals surface area contributed by atoms with Gasteiger partial charge in [0.1, 0.15) is 5.60 Å². The Hall–Kier alpha value is -0.580. The Morgan fingerprint density at radius 2 is 1.81 bits per heavy atom. The Morgan fingerprint density at radius 1 is 1.12 bits per heavy atom. The van der Waals surface area contributed by atoms with Crippen LogP contribution in [0.3, 0.4) is 0 Å². The Morgan fingerprint density at radius 3 is 2.38 bits per heavy atom. The minimum Gasteiger partial charge on any atom is -0.465 e. The Balaban J connectivity index is 2.55. The van der Waals surface area contributed by atoms with Crippen molar-refractivity contribution >= 4 is 31.9 Å². The molecule has 2 aromatic rings. The second-order valence-electron chi connectivity index (χ2n) is 3.65. The summed E-state index contributed by atoms with van der Waals surface area (Å²) in [6.07, 6.45) is 1.55. The Bertz CT molecular complexity index is 503. The van der Waals surface area contributed by atoms with Crippen molar-refractivity contribution < 1.29 is 9.52 Å². The molecule has 2 nitrogen and oxygen atoms in total. The highest BCUT2D eigenvalue weighted by Gasteiger charge is 2.32. The second-order valence-corrected chi connectivity index (χ2v) is 5.36. The number of hydrogen-bond acceptors (Lipinski definition) is 2. The van der Waals surface area contributed by atoms with Gasteiger partial charge in [-0.2, -0.15) is 0 Å². The van der Waals surface area contributed by atoms with Crippen molar-refractivity contribution in [3.05, 3.63) is 56.9 Å². The van der Waals surface area contributed by atoms with Crippen LogP contribution >= 0.6 is 31.9 Å². The van der Waals surface area contributed by atoms with Gasteiger partial charge >= 0.3 is 0 Å². The molecule has 1 N–H and O–H groups in total. The molecule has 4 heteroatoms. The maximum absolute atomic E-state index is 10.6. The summed E-state index contributed by atoms with van der Waals surface area (Å²) in [6, 6.07) is 9.30. The lowest BCUT2D eigenvalue weighted by Crippen LogP contribution is -2.23. The quantitative estimate of drug-likeness (QED) is 0.890. The third-order valence-electron chi connectivity index (χ3n) is 2.46. The van der Waals surface area contributed by atoms with Crippen LogP contribution in [0, 0.1) is 0 Å².